The molecule has 6 nitrogen and oxygen atoms in total. The topological polar surface area (TPSA) is 60.7 Å². The largest absolute Gasteiger partial charge is 0.497 e. The molecule has 134 valence electrons. The summed E-state index contributed by atoms with van der Waals surface area (Å²) in [6.07, 6.45) is 5.03. The average Bonchev–Trinajstić information content (AvgIpc) is 3.31. The molecule has 0 amide bonds. The molecule has 1 aliphatic rings. The van der Waals surface area contributed by atoms with Crippen LogP contribution < -0.4 is 14.8 Å². The first-order valence-electron chi connectivity index (χ1n) is 8.73. The molecular weight excluding hydrogens is 328 g/mol. The number of benzene rings is 1. The molecule has 2 aromatic heterocycles. The number of ether oxygens (including phenoxy) is 2. The summed E-state index contributed by atoms with van der Waals surface area (Å²) in [4.78, 5) is 4.83. The fourth-order valence-electron chi connectivity index (χ4n) is 3.43. The third-order valence-electron chi connectivity index (χ3n) is 4.69. The lowest BCUT2D eigenvalue weighted by Gasteiger charge is -2.11. The van der Waals surface area contributed by atoms with Gasteiger partial charge in [0.25, 0.3) is 0 Å². The number of hydrogen-bond acceptors (Lipinski definition) is 5. The van der Waals surface area contributed by atoms with Crippen LogP contribution in [0.3, 0.4) is 0 Å². The molecule has 4 rings (SSSR count). The highest BCUT2D eigenvalue weighted by Gasteiger charge is 2.21. The second-order valence-corrected chi connectivity index (χ2v) is 6.31. The van der Waals surface area contributed by atoms with Gasteiger partial charge < -0.3 is 14.8 Å². The number of anilines is 1. The van der Waals surface area contributed by atoms with Crippen molar-refractivity contribution in [2.24, 2.45) is 0 Å². The molecule has 3 aromatic rings. The summed E-state index contributed by atoms with van der Waals surface area (Å²) in [7, 11) is 3.29. The van der Waals surface area contributed by atoms with Gasteiger partial charge in [-0.05, 0) is 31.4 Å². The van der Waals surface area contributed by atoms with Gasteiger partial charge in [-0.15, -0.1) is 6.58 Å². The van der Waals surface area contributed by atoms with Gasteiger partial charge in [0, 0.05) is 35.5 Å². The standard InChI is InChI=1S/C20H22N4O2/c1-4-8-21-20-16-6-5-7-17(16)22-19-12-18(23-24(19)20)13-9-14(25-2)11-15(10-13)26-3/h4,9-12,21H,1,5-8H2,2-3H3. The summed E-state index contributed by atoms with van der Waals surface area (Å²) in [5.74, 6) is 2.48. The smallest absolute Gasteiger partial charge is 0.158 e. The van der Waals surface area contributed by atoms with Crippen LogP contribution in [0.1, 0.15) is 17.7 Å². The third-order valence-corrected chi connectivity index (χ3v) is 4.69. The molecule has 2 heterocycles. The van der Waals surface area contributed by atoms with Crippen molar-refractivity contribution in [2.45, 2.75) is 19.3 Å². The van der Waals surface area contributed by atoms with Gasteiger partial charge in [-0.1, -0.05) is 6.08 Å². The molecule has 0 spiro atoms. The van der Waals surface area contributed by atoms with E-state index < -0.39 is 0 Å². The fraction of sp³-hybridized carbons (Fsp3) is 0.300. The first kappa shape index (κ1) is 16.4. The maximum Gasteiger partial charge on any atom is 0.158 e. The van der Waals surface area contributed by atoms with Crippen LogP contribution >= 0.6 is 0 Å². The zero-order valence-electron chi connectivity index (χ0n) is 15.1. The molecule has 0 unspecified atom stereocenters. The monoisotopic (exact) mass is 350 g/mol. The van der Waals surface area contributed by atoms with Gasteiger partial charge in [0.15, 0.2) is 5.65 Å². The summed E-state index contributed by atoms with van der Waals surface area (Å²) >= 11 is 0. The van der Waals surface area contributed by atoms with E-state index in [4.69, 9.17) is 19.6 Å². The second-order valence-electron chi connectivity index (χ2n) is 6.31. The number of nitrogens with one attached hydrogen (secondary N) is 1. The highest BCUT2D eigenvalue weighted by Crippen LogP contribution is 2.33. The van der Waals surface area contributed by atoms with Crippen LogP contribution in [0.15, 0.2) is 36.9 Å². The minimum Gasteiger partial charge on any atom is -0.497 e. The summed E-state index contributed by atoms with van der Waals surface area (Å²) in [5, 5.41) is 8.25. The Kier molecular flexibility index (Phi) is 4.24. The molecule has 1 aromatic carbocycles. The maximum absolute atomic E-state index is 5.38. The molecule has 0 bridgehead atoms. The first-order chi connectivity index (χ1) is 12.7. The number of rotatable bonds is 6. The quantitative estimate of drug-likeness (QED) is 0.690. The minimum atomic E-state index is 0.688. The van der Waals surface area contributed by atoms with Crippen LogP contribution in [0.2, 0.25) is 0 Å². The zero-order chi connectivity index (χ0) is 18.1. The van der Waals surface area contributed by atoms with Gasteiger partial charge in [-0.2, -0.15) is 9.61 Å². The Morgan fingerprint density at radius 2 is 1.92 bits per heavy atom. The summed E-state index contributed by atoms with van der Waals surface area (Å²) in [6.45, 7) is 4.49. The SMILES string of the molecule is C=CCNc1c2c(nc3cc(-c4cc(OC)cc(OC)c4)nn13)CCC2. The Morgan fingerprint density at radius 3 is 2.62 bits per heavy atom. The minimum absolute atomic E-state index is 0.688. The predicted molar refractivity (Wildman–Crippen MR) is 102 cm³/mol. The van der Waals surface area contributed by atoms with Gasteiger partial charge in [-0.3, -0.25) is 0 Å². The number of hydrogen-bond donors (Lipinski definition) is 1. The van der Waals surface area contributed by atoms with Crippen molar-refractivity contribution >= 4 is 11.5 Å². The summed E-state index contributed by atoms with van der Waals surface area (Å²) in [5.41, 5.74) is 5.03. The normalized spacial score (nSPS) is 12.8. The molecule has 0 saturated carbocycles. The molecule has 1 aliphatic carbocycles. The third kappa shape index (κ3) is 2.77. The Labute approximate surface area is 152 Å². The second kappa shape index (κ2) is 6.71. The molecule has 6 heteroatoms. The number of aryl methyl sites for hydroxylation is 1. The van der Waals surface area contributed by atoms with E-state index in [9.17, 15) is 0 Å². The van der Waals surface area contributed by atoms with E-state index in [1.54, 1.807) is 14.2 Å². The van der Waals surface area contributed by atoms with Crippen LogP contribution in [0.5, 0.6) is 11.5 Å². The van der Waals surface area contributed by atoms with Crippen molar-refractivity contribution in [1.82, 2.24) is 14.6 Å². The van der Waals surface area contributed by atoms with Crippen LogP contribution in [0, 0.1) is 0 Å². The van der Waals surface area contributed by atoms with Crippen molar-refractivity contribution in [2.75, 3.05) is 26.1 Å². The van der Waals surface area contributed by atoms with E-state index in [2.05, 4.69) is 11.9 Å². The van der Waals surface area contributed by atoms with E-state index >= 15 is 0 Å². The summed E-state index contributed by atoms with van der Waals surface area (Å²) in [6, 6.07) is 7.76. The van der Waals surface area contributed by atoms with Gasteiger partial charge in [-0.25, -0.2) is 4.98 Å². The van der Waals surface area contributed by atoms with Crippen molar-refractivity contribution < 1.29 is 9.47 Å². The zero-order valence-corrected chi connectivity index (χ0v) is 15.1. The Balaban J connectivity index is 1.87. The molecule has 0 aliphatic heterocycles. The van der Waals surface area contributed by atoms with Crippen LogP contribution in [0.25, 0.3) is 16.9 Å². The van der Waals surface area contributed by atoms with E-state index in [1.165, 1.54) is 11.3 Å². The molecule has 0 saturated heterocycles. The maximum atomic E-state index is 5.38. The molecular formula is C20H22N4O2. The number of aromatic nitrogens is 3. The van der Waals surface area contributed by atoms with E-state index in [-0.39, 0.29) is 0 Å². The first-order valence-corrected chi connectivity index (χ1v) is 8.73. The molecule has 1 N–H and O–H groups in total. The Hall–Kier alpha value is -3.02. The van der Waals surface area contributed by atoms with E-state index in [1.807, 2.05) is 34.9 Å². The lowest BCUT2D eigenvalue weighted by Crippen LogP contribution is -2.10. The molecule has 0 radical (unpaired) electrons. The highest BCUT2D eigenvalue weighted by atomic mass is 16.5. The van der Waals surface area contributed by atoms with Gasteiger partial charge in [0.1, 0.15) is 17.3 Å². The highest BCUT2D eigenvalue weighted by molar-refractivity contribution is 5.69. The van der Waals surface area contributed by atoms with Crippen molar-refractivity contribution in [3.63, 3.8) is 0 Å². The van der Waals surface area contributed by atoms with Crippen LogP contribution in [0.4, 0.5) is 5.82 Å². The predicted octanol–water partition coefficient (Wildman–Crippen LogP) is 3.50. The van der Waals surface area contributed by atoms with Gasteiger partial charge in [0.05, 0.1) is 19.9 Å². The van der Waals surface area contributed by atoms with Crippen molar-refractivity contribution in [3.8, 4) is 22.8 Å². The van der Waals surface area contributed by atoms with Crippen molar-refractivity contribution in [1.29, 1.82) is 0 Å². The summed E-state index contributed by atoms with van der Waals surface area (Å²) < 4.78 is 12.7. The van der Waals surface area contributed by atoms with Crippen molar-refractivity contribution in [3.05, 3.63) is 48.2 Å². The van der Waals surface area contributed by atoms with Crippen LogP contribution in [-0.2, 0) is 12.8 Å². The fourth-order valence-corrected chi connectivity index (χ4v) is 3.43. The van der Waals surface area contributed by atoms with Gasteiger partial charge >= 0.3 is 0 Å². The van der Waals surface area contributed by atoms with Gasteiger partial charge in [0.2, 0.25) is 0 Å². The Morgan fingerprint density at radius 1 is 1.15 bits per heavy atom. The van der Waals surface area contributed by atoms with E-state index in [0.29, 0.717) is 6.54 Å². The number of nitrogens with zero attached hydrogens (tertiary/aromatic N) is 3. The molecule has 26 heavy (non-hydrogen) atoms. The molecule has 0 fully saturated rings. The number of fused-ring (bicyclic) bond motifs is 2. The van der Waals surface area contributed by atoms with E-state index in [0.717, 1.165) is 53.5 Å². The Bertz CT molecular complexity index is 955. The van der Waals surface area contributed by atoms with Crippen LogP contribution in [-0.4, -0.2) is 35.4 Å². The molecule has 0 atom stereocenters. The lowest BCUT2D eigenvalue weighted by molar-refractivity contribution is 0.394. The number of methoxy groups -OCH3 is 2. The lowest BCUT2D eigenvalue weighted by atomic mass is 10.1. The average molecular weight is 350 g/mol.